The topological polar surface area (TPSA) is 67.6 Å². The highest BCUT2D eigenvalue weighted by Crippen LogP contribution is 2.35. The molecule has 1 fully saturated rings. The van der Waals surface area contributed by atoms with E-state index in [1.54, 1.807) is 0 Å². The second-order valence-corrected chi connectivity index (χ2v) is 8.50. The van der Waals surface area contributed by atoms with Crippen LogP contribution in [0.4, 0.5) is 9.18 Å². The normalized spacial score (nSPS) is 15.6. The van der Waals surface area contributed by atoms with Crippen molar-refractivity contribution in [2.24, 2.45) is 0 Å². The van der Waals surface area contributed by atoms with Gasteiger partial charge < -0.3 is 4.42 Å². The first-order valence-corrected chi connectivity index (χ1v) is 10.3. The Kier molecular flexibility index (Phi) is 5.63. The van der Waals surface area contributed by atoms with E-state index < -0.39 is 22.4 Å². The third-order valence-electron chi connectivity index (χ3n) is 4.36. The second-order valence-electron chi connectivity index (χ2n) is 6.25. The van der Waals surface area contributed by atoms with Crippen molar-refractivity contribution in [2.75, 3.05) is 0 Å². The highest BCUT2D eigenvalue weighted by Gasteiger charge is 2.36. The molecule has 0 radical (unpaired) electrons. The smallest absolute Gasteiger partial charge is 0.293 e. The molecule has 1 saturated heterocycles. The van der Waals surface area contributed by atoms with Gasteiger partial charge in [0.15, 0.2) is 11.0 Å². The van der Waals surface area contributed by atoms with Gasteiger partial charge in [-0.05, 0) is 42.1 Å². The Bertz CT molecular complexity index is 1300. The van der Waals surface area contributed by atoms with E-state index in [1.807, 2.05) is 0 Å². The molecule has 0 spiro atoms. The van der Waals surface area contributed by atoms with Gasteiger partial charge in [0.05, 0.1) is 27.4 Å². The van der Waals surface area contributed by atoms with Crippen LogP contribution in [0.3, 0.4) is 0 Å². The van der Waals surface area contributed by atoms with E-state index in [0.29, 0.717) is 11.8 Å². The van der Waals surface area contributed by atoms with E-state index in [0.717, 1.165) is 11.2 Å². The van der Waals surface area contributed by atoms with Crippen molar-refractivity contribution in [3.8, 4) is 0 Å². The Morgan fingerprint density at radius 3 is 2.60 bits per heavy atom. The van der Waals surface area contributed by atoms with Crippen LogP contribution in [0, 0.1) is 5.82 Å². The van der Waals surface area contributed by atoms with Gasteiger partial charge in [-0.25, -0.2) is 4.39 Å². The molecule has 0 unspecified atom stereocenters. The zero-order chi connectivity index (χ0) is 21.6. The molecule has 1 aromatic heterocycles. The Hall–Kier alpha value is -2.32. The van der Waals surface area contributed by atoms with Crippen LogP contribution in [-0.2, 0) is 11.3 Å². The van der Waals surface area contributed by atoms with E-state index >= 15 is 0 Å². The Labute approximate surface area is 188 Å². The Balaban J connectivity index is 1.70. The number of rotatable bonds is 3. The van der Waals surface area contributed by atoms with Crippen molar-refractivity contribution >= 4 is 74.8 Å². The fourth-order valence-electron chi connectivity index (χ4n) is 2.90. The maximum absolute atomic E-state index is 14.0. The molecule has 4 rings (SSSR count). The number of nitrogens with zero attached hydrogens (tertiary/aromatic N) is 1. The minimum absolute atomic E-state index is 0.00719. The number of halogens is 4. The second kappa shape index (κ2) is 8.07. The Morgan fingerprint density at radius 2 is 1.87 bits per heavy atom. The molecule has 3 aromatic rings. The van der Waals surface area contributed by atoms with Crippen molar-refractivity contribution in [3.05, 3.63) is 83.7 Å². The SMILES string of the molecule is O=C1S/C(=C\c2coc3c(Cl)cc(Cl)cc3c2=O)C(=O)N1Cc1c(F)cccc1Cl. The minimum atomic E-state index is -0.673. The number of hydrogen-bond acceptors (Lipinski definition) is 5. The summed E-state index contributed by atoms with van der Waals surface area (Å²) < 4.78 is 19.5. The monoisotopic (exact) mass is 483 g/mol. The lowest BCUT2D eigenvalue weighted by Gasteiger charge is -2.14. The molecular weight excluding hydrogens is 476 g/mol. The van der Waals surface area contributed by atoms with Gasteiger partial charge in [-0.15, -0.1) is 0 Å². The predicted octanol–water partition coefficient (Wildman–Crippen LogP) is 6.13. The summed E-state index contributed by atoms with van der Waals surface area (Å²) in [6, 6.07) is 6.91. The standard InChI is InChI=1S/C20H9Cl3FNO4S/c21-10-5-11-17(26)9(8-29-18(11)14(23)6-10)4-16-19(27)25(20(28)30-16)7-12-13(22)2-1-3-15(12)24/h1-6,8H,7H2/b16-4-. The van der Waals surface area contributed by atoms with Gasteiger partial charge in [0.25, 0.3) is 11.1 Å². The molecule has 1 aliphatic rings. The molecule has 10 heteroatoms. The van der Waals surface area contributed by atoms with Gasteiger partial charge in [0.2, 0.25) is 0 Å². The average Bonchev–Trinajstić information content (AvgIpc) is 2.94. The summed E-state index contributed by atoms with van der Waals surface area (Å²) in [6.07, 6.45) is 2.39. The van der Waals surface area contributed by atoms with Gasteiger partial charge in [-0.1, -0.05) is 40.9 Å². The first-order valence-electron chi connectivity index (χ1n) is 8.35. The van der Waals surface area contributed by atoms with Crippen molar-refractivity contribution in [1.29, 1.82) is 0 Å². The van der Waals surface area contributed by atoms with E-state index in [9.17, 15) is 18.8 Å². The van der Waals surface area contributed by atoms with Crippen molar-refractivity contribution in [2.45, 2.75) is 6.54 Å². The molecule has 0 bridgehead atoms. The third kappa shape index (κ3) is 3.74. The van der Waals surface area contributed by atoms with E-state index in [-0.39, 0.29) is 48.6 Å². The van der Waals surface area contributed by atoms with E-state index in [1.165, 1.54) is 36.4 Å². The summed E-state index contributed by atoms with van der Waals surface area (Å²) in [6.45, 7) is -0.328. The summed E-state index contributed by atoms with van der Waals surface area (Å²) in [4.78, 5) is 38.6. The van der Waals surface area contributed by atoms with Crippen LogP contribution in [0.2, 0.25) is 15.1 Å². The molecule has 0 atom stereocenters. The minimum Gasteiger partial charge on any atom is -0.462 e. The number of fused-ring (bicyclic) bond motifs is 1. The van der Waals surface area contributed by atoms with Crippen LogP contribution < -0.4 is 5.43 Å². The summed E-state index contributed by atoms with van der Waals surface area (Å²) >= 11 is 18.6. The lowest BCUT2D eigenvalue weighted by molar-refractivity contribution is -0.123. The number of amides is 2. The highest BCUT2D eigenvalue weighted by molar-refractivity contribution is 8.18. The predicted molar refractivity (Wildman–Crippen MR) is 115 cm³/mol. The van der Waals surface area contributed by atoms with Crippen LogP contribution in [0.25, 0.3) is 17.0 Å². The molecule has 0 N–H and O–H groups in total. The lowest BCUT2D eigenvalue weighted by Crippen LogP contribution is -2.28. The van der Waals surface area contributed by atoms with Crippen molar-refractivity contribution in [3.63, 3.8) is 0 Å². The first kappa shape index (κ1) is 20.9. The van der Waals surface area contributed by atoms with Gasteiger partial charge in [0, 0.05) is 15.6 Å². The number of imide groups is 1. The quantitative estimate of drug-likeness (QED) is 0.418. The maximum Gasteiger partial charge on any atom is 0.293 e. The molecule has 0 saturated carbocycles. The Morgan fingerprint density at radius 1 is 1.10 bits per heavy atom. The lowest BCUT2D eigenvalue weighted by atomic mass is 10.1. The van der Waals surface area contributed by atoms with Gasteiger partial charge in [-0.3, -0.25) is 19.3 Å². The van der Waals surface area contributed by atoms with Crippen molar-refractivity contribution < 1.29 is 18.4 Å². The van der Waals surface area contributed by atoms with E-state index in [4.69, 9.17) is 39.2 Å². The van der Waals surface area contributed by atoms with Crippen LogP contribution in [-0.4, -0.2) is 16.0 Å². The van der Waals surface area contributed by atoms with E-state index in [2.05, 4.69) is 0 Å². The molecule has 2 heterocycles. The largest absolute Gasteiger partial charge is 0.462 e. The maximum atomic E-state index is 14.0. The molecule has 2 amide bonds. The first-order chi connectivity index (χ1) is 14.3. The fraction of sp³-hybridized carbons (Fsp3) is 0.0500. The number of carbonyl (C=O) groups is 2. The number of thioether (sulfide) groups is 1. The number of benzene rings is 2. The zero-order valence-corrected chi connectivity index (χ0v) is 17.8. The molecule has 2 aromatic carbocycles. The zero-order valence-electron chi connectivity index (χ0n) is 14.7. The van der Waals surface area contributed by atoms with Crippen LogP contribution in [0.15, 0.2) is 50.7 Å². The van der Waals surface area contributed by atoms with Crippen LogP contribution in [0.1, 0.15) is 11.1 Å². The average molecular weight is 485 g/mol. The third-order valence-corrected chi connectivity index (χ3v) is 6.12. The summed E-state index contributed by atoms with van der Waals surface area (Å²) in [5.41, 5.74) is -0.248. The van der Waals surface area contributed by atoms with Gasteiger partial charge in [-0.2, -0.15) is 0 Å². The molecule has 152 valence electrons. The molecule has 5 nitrogen and oxygen atoms in total. The van der Waals surface area contributed by atoms with Gasteiger partial charge in [0.1, 0.15) is 12.1 Å². The summed E-state index contributed by atoms with van der Waals surface area (Å²) in [5, 5.41) is 0.0460. The molecule has 30 heavy (non-hydrogen) atoms. The van der Waals surface area contributed by atoms with Crippen LogP contribution in [0.5, 0.6) is 0 Å². The number of carbonyl (C=O) groups excluding carboxylic acids is 2. The fourth-order valence-corrected chi connectivity index (χ4v) is 4.49. The molecular formula is C20H9Cl3FNO4S. The number of hydrogen-bond donors (Lipinski definition) is 0. The van der Waals surface area contributed by atoms with Crippen molar-refractivity contribution in [1.82, 2.24) is 4.90 Å². The molecule has 0 aliphatic carbocycles. The summed E-state index contributed by atoms with van der Waals surface area (Å²) in [7, 11) is 0. The van der Waals surface area contributed by atoms with Gasteiger partial charge >= 0.3 is 0 Å². The van der Waals surface area contributed by atoms with Crippen LogP contribution >= 0.6 is 46.6 Å². The summed E-state index contributed by atoms with van der Waals surface area (Å²) in [5.74, 6) is -1.30. The molecule has 1 aliphatic heterocycles. The highest BCUT2D eigenvalue weighted by atomic mass is 35.5.